The number of allylic oxidation sites excluding steroid dienone is 8. The SMILES string of the molecule is CCCCC/C=C\C/C=C\CCCCCCCCC(CCCCCCCC/C=C\C/C=C\CCCCC)N=C([O-])OCC[N+](C)(C)C. The minimum atomic E-state index is -0.358. The summed E-state index contributed by atoms with van der Waals surface area (Å²) < 4.78 is 6.26. The minimum Gasteiger partial charge on any atom is -0.595 e. The number of hydrogen-bond acceptors (Lipinski definition) is 3. The summed E-state index contributed by atoms with van der Waals surface area (Å²) in [5.41, 5.74) is 0. The Morgan fingerprint density at radius 3 is 1.28 bits per heavy atom. The first-order valence-corrected chi connectivity index (χ1v) is 20.2. The van der Waals surface area contributed by atoms with E-state index in [0.717, 1.165) is 49.6 Å². The van der Waals surface area contributed by atoms with Crippen molar-refractivity contribution in [1.82, 2.24) is 0 Å². The van der Waals surface area contributed by atoms with E-state index in [1.165, 1.54) is 128 Å². The summed E-state index contributed by atoms with van der Waals surface area (Å²) in [5.74, 6) is 0. The lowest BCUT2D eigenvalue weighted by molar-refractivity contribution is -0.870. The molecule has 0 saturated heterocycles. The van der Waals surface area contributed by atoms with E-state index >= 15 is 0 Å². The van der Waals surface area contributed by atoms with Crippen LogP contribution in [0.15, 0.2) is 53.6 Å². The topological polar surface area (TPSA) is 44.7 Å². The van der Waals surface area contributed by atoms with E-state index in [-0.39, 0.29) is 12.1 Å². The maximum Gasteiger partial charge on any atom is 0.145 e. The molecule has 0 fully saturated rings. The summed E-state index contributed by atoms with van der Waals surface area (Å²) in [6.45, 7) is 5.77. The molecule has 0 saturated carbocycles. The Bertz CT molecular complexity index is 742. The number of likely N-dealkylation sites (N-methyl/N-ethyl adjacent to an activating group) is 1. The summed E-state index contributed by atoms with van der Waals surface area (Å²) in [7, 11) is 6.35. The fraction of sp³-hybridized carbons (Fsp3) is 0.791. The van der Waals surface area contributed by atoms with Gasteiger partial charge in [0.05, 0.1) is 33.7 Å². The van der Waals surface area contributed by atoms with Gasteiger partial charge in [-0.3, -0.25) is 4.99 Å². The van der Waals surface area contributed by atoms with Crippen LogP contribution in [0.3, 0.4) is 0 Å². The number of hydrogen-bond donors (Lipinski definition) is 0. The van der Waals surface area contributed by atoms with Crippen molar-refractivity contribution in [1.29, 1.82) is 0 Å². The molecule has 47 heavy (non-hydrogen) atoms. The van der Waals surface area contributed by atoms with Crippen LogP contribution in [0.25, 0.3) is 0 Å². The van der Waals surface area contributed by atoms with Crippen molar-refractivity contribution in [3.05, 3.63) is 48.6 Å². The van der Waals surface area contributed by atoms with Gasteiger partial charge in [-0.2, -0.15) is 0 Å². The molecule has 0 aliphatic rings. The van der Waals surface area contributed by atoms with E-state index in [2.05, 4.69) is 88.6 Å². The van der Waals surface area contributed by atoms with Gasteiger partial charge in [0.2, 0.25) is 0 Å². The highest BCUT2D eigenvalue weighted by Crippen LogP contribution is 2.17. The third-order valence-electron chi connectivity index (χ3n) is 8.75. The number of ether oxygens (including phenoxy) is 1. The van der Waals surface area contributed by atoms with Crippen molar-refractivity contribution in [2.45, 2.75) is 187 Å². The lowest BCUT2D eigenvalue weighted by Gasteiger charge is -2.26. The molecule has 0 amide bonds. The Hall–Kier alpha value is -1.81. The highest BCUT2D eigenvalue weighted by molar-refractivity contribution is 5.61. The zero-order valence-corrected chi connectivity index (χ0v) is 32.2. The quantitative estimate of drug-likeness (QED) is 0.0227. The molecule has 0 aliphatic carbocycles. The van der Waals surface area contributed by atoms with E-state index in [1.807, 2.05) is 0 Å². The van der Waals surface area contributed by atoms with Gasteiger partial charge in [0.1, 0.15) is 6.08 Å². The van der Waals surface area contributed by atoms with Crippen LogP contribution in [0.5, 0.6) is 0 Å². The van der Waals surface area contributed by atoms with Crippen LogP contribution in [-0.4, -0.2) is 50.9 Å². The predicted octanol–water partition coefficient (Wildman–Crippen LogP) is 12.2. The molecule has 0 atom stereocenters. The minimum absolute atomic E-state index is 0.114. The van der Waals surface area contributed by atoms with E-state index in [4.69, 9.17) is 4.74 Å². The van der Waals surface area contributed by atoms with Gasteiger partial charge in [-0.05, 0) is 77.0 Å². The second kappa shape index (κ2) is 35.5. The first-order chi connectivity index (χ1) is 22.9. The molecule has 0 aromatic rings. The smallest absolute Gasteiger partial charge is 0.145 e. The van der Waals surface area contributed by atoms with Crippen LogP contribution in [0.1, 0.15) is 181 Å². The number of nitrogens with zero attached hydrogens (tertiary/aromatic N) is 2. The third kappa shape index (κ3) is 38.5. The summed E-state index contributed by atoms with van der Waals surface area (Å²) in [6, 6.07) is 0.114. The maximum atomic E-state index is 12.5. The molecule has 0 aromatic heterocycles. The third-order valence-corrected chi connectivity index (χ3v) is 8.75. The standard InChI is InChI=1S/C43H80N2O2/c1-6-8-10-12-14-16-18-20-22-24-26-28-30-32-34-36-38-42(44-43(46)47-41-40-45(3,4)5)39-37-35-33-31-29-27-25-23-21-19-17-15-13-11-9-7-2/h14-17,20-23,42H,6-13,18-19,24-41H2,1-5H3/b16-14-,17-15-,22-20-,23-21-. The second-order valence-corrected chi connectivity index (χ2v) is 14.7. The molecule has 0 bridgehead atoms. The number of rotatable bonds is 34. The second-order valence-electron chi connectivity index (χ2n) is 14.7. The highest BCUT2D eigenvalue weighted by atomic mass is 16.6. The van der Waals surface area contributed by atoms with Crippen LogP contribution in [-0.2, 0) is 4.74 Å². The van der Waals surface area contributed by atoms with Crippen LogP contribution in [0, 0.1) is 0 Å². The number of aliphatic imine (C=N–C) groups is 1. The molecule has 0 radical (unpaired) electrons. The first-order valence-electron chi connectivity index (χ1n) is 20.2. The lowest BCUT2D eigenvalue weighted by atomic mass is 10.00. The predicted molar refractivity (Wildman–Crippen MR) is 208 cm³/mol. The molecular formula is C43H80N2O2. The van der Waals surface area contributed by atoms with Crippen LogP contribution in [0.4, 0.5) is 0 Å². The first kappa shape index (κ1) is 45.2. The van der Waals surface area contributed by atoms with E-state index < -0.39 is 0 Å². The molecule has 274 valence electrons. The van der Waals surface area contributed by atoms with Gasteiger partial charge in [-0.1, -0.05) is 152 Å². The van der Waals surface area contributed by atoms with Gasteiger partial charge in [-0.25, -0.2) is 0 Å². The number of unbranched alkanes of at least 4 members (excludes halogenated alkanes) is 18. The van der Waals surface area contributed by atoms with Gasteiger partial charge in [0.15, 0.2) is 0 Å². The van der Waals surface area contributed by atoms with Crippen molar-refractivity contribution in [2.24, 2.45) is 4.99 Å². The van der Waals surface area contributed by atoms with Crippen LogP contribution >= 0.6 is 0 Å². The van der Waals surface area contributed by atoms with Crippen molar-refractivity contribution in [3.8, 4) is 0 Å². The van der Waals surface area contributed by atoms with Gasteiger partial charge < -0.3 is 14.3 Å². The highest BCUT2D eigenvalue weighted by Gasteiger charge is 2.08. The van der Waals surface area contributed by atoms with Crippen LogP contribution in [0.2, 0.25) is 0 Å². The summed E-state index contributed by atoms with van der Waals surface area (Å²) in [6.07, 6.45) is 50.5. The fourth-order valence-corrected chi connectivity index (χ4v) is 5.60. The Labute approximate surface area is 294 Å². The molecule has 0 aliphatic heterocycles. The summed E-state index contributed by atoms with van der Waals surface area (Å²) in [4.78, 5) is 4.52. The largest absolute Gasteiger partial charge is 0.595 e. The van der Waals surface area contributed by atoms with Crippen molar-refractivity contribution < 1.29 is 14.3 Å². The van der Waals surface area contributed by atoms with Crippen molar-refractivity contribution in [2.75, 3.05) is 34.3 Å². The molecular weight excluding hydrogens is 576 g/mol. The van der Waals surface area contributed by atoms with Crippen molar-refractivity contribution in [3.63, 3.8) is 0 Å². The van der Waals surface area contributed by atoms with Gasteiger partial charge in [0.25, 0.3) is 0 Å². The average molecular weight is 657 g/mol. The monoisotopic (exact) mass is 657 g/mol. The zero-order chi connectivity index (χ0) is 34.5. The van der Waals surface area contributed by atoms with Gasteiger partial charge in [-0.15, -0.1) is 0 Å². The Morgan fingerprint density at radius 1 is 0.532 bits per heavy atom. The maximum absolute atomic E-state index is 12.5. The summed E-state index contributed by atoms with van der Waals surface area (Å²) in [5, 5.41) is 12.5. The molecule has 4 nitrogen and oxygen atoms in total. The lowest BCUT2D eigenvalue weighted by Crippen LogP contribution is -2.39. The average Bonchev–Trinajstić information content (AvgIpc) is 3.03. The van der Waals surface area contributed by atoms with Crippen molar-refractivity contribution >= 4 is 6.08 Å². The van der Waals surface area contributed by atoms with Gasteiger partial charge >= 0.3 is 0 Å². The molecule has 0 heterocycles. The zero-order valence-electron chi connectivity index (χ0n) is 32.2. The number of quaternary nitrogens is 1. The molecule has 4 heteroatoms. The molecule has 0 aromatic carbocycles. The molecule has 0 N–H and O–H groups in total. The van der Waals surface area contributed by atoms with E-state index in [9.17, 15) is 5.11 Å². The van der Waals surface area contributed by atoms with E-state index in [0.29, 0.717) is 6.61 Å². The normalized spacial score (nSPS) is 13.1. The van der Waals surface area contributed by atoms with E-state index in [1.54, 1.807) is 0 Å². The van der Waals surface area contributed by atoms with Gasteiger partial charge in [0, 0.05) is 6.61 Å². The molecule has 0 rings (SSSR count). The Kier molecular flexibility index (Phi) is 34.1. The van der Waals surface area contributed by atoms with Crippen LogP contribution < -0.4 is 5.11 Å². The fourth-order valence-electron chi connectivity index (χ4n) is 5.60. The Morgan fingerprint density at radius 2 is 0.894 bits per heavy atom. The molecule has 0 spiro atoms. The summed E-state index contributed by atoms with van der Waals surface area (Å²) >= 11 is 0. The molecule has 0 unspecified atom stereocenters. The Balaban J connectivity index is 4.14.